The van der Waals surface area contributed by atoms with E-state index in [0.29, 0.717) is 5.56 Å². The summed E-state index contributed by atoms with van der Waals surface area (Å²) < 4.78 is 42.8. The highest BCUT2D eigenvalue weighted by Gasteiger charge is 2.40. The summed E-state index contributed by atoms with van der Waals surface area (Å²) in [7, 11) is 0. The van der Waals surface area contributed by atoms with Crippen molar-refractivity contribution in [3.8, 4) is 0 Å². The minimum Gasteiger partial charge on any atom is -0.481 e. The molecule has 2 atom stereocenters. The molecule has 7 heteroatoms. The molecule has 24 heavy (non-hydrogen) atoms. The Morgan fingerprint density at radius 1 is 1.12 bits per heavy atom. The van der Waals surface area contributed by atoms with Gasteiger partial charge in [-0.05, 0) is 32.8 Å². The number of benzene rings is 1. The molecule has 134 valence electrons. The van der Waals surface area contributed by atoms with E-state index >= 15 is 0 Å². The number of carboxylic acid groups (broad SMARTS) is 1. The third kappa shape index (κ3) is 6.60. The fourth-order valence-electron chi connectivity index (χ4n) is 2.31. The molecule has 0 saturated carbocycles. The number of hydrogen-bond acceptors (Lipinski definition) is 3. The molecule has 0 heterocycles. The van der Waals surface area contributed by atoms with Crippen LogP contribution < -0.4 is 0 Å². The SMILES string of the molecule is CC(C)(C)OC(=O)[C@@H](c1ccccc1)[C@@H](CCC(F)(F)F)C(=O)O. The van der Waals surface area contributed by atoms with E-state index in [1.807, 2.05) is 0 Å². The summed E-state index contributed by atoms with van der Waals surface area (Å²) in [4.78, 5) is 24.0. The van der Waals surface area contributed by atoms with Crippen LogP contribution in [0.3, 0.4) is 0 Å². The van der Waals surface area contributed by atoms with Gasteiger partial charge in [-0.2, -0.15) is 13.2 Å². The van der Waals surface area contributed by atoms with Gasteiger partial charge in [-0.25, -0.2) is 0 Å². The summed E-state index contributed by atoms with van der Waals surface area (Å²) in [6, 6.07) is 7.88. The maximum atomic E-state index is 12.5. The van der Waals surface area contributed by atoms with Crippen molar-refractivity contribution in [2.45, 2.75) is 51.3 Å². The number of ether oxygens (including phenoxy) is 1. The van der Waals surface area contributed by atoms with Gasteiger partial charge in [0.1, 0.15) is 5.60 Å². The molecule has 0 radical (unpaired) electrons. The zero-order valence-electron chi connectivity index (χ0n) is 13.8. The molecule has 1 aromatic carbocycles. The van der Waals surface area contributed by atoms with Crippen LogP contribution in [-0.2, 0) is 14.3 Å². The Labute approximate surface area is 138 Å². The fourth-order valence-corrected chi connectivity index (χ4v) is 2.31. The van der Waals surface area contributed by atoms with Crippen molar-refractivity contribution in [3.63, 3.8) is 0 Å². The Hall–Kier alpha value is -2.05. The lowest BCUT2D eigenvalue weighted by molar-refractivity contribution is -0.165. The Balaban J connectivity index is 3.18. The summed E-state index contributed by atoms with van der Waals surface area (Å²) in [5.74, 6) is -5.13. The number of carbonyl (C=O) groups is 2. The van der Waals surface area contributed by atoms with E-state index in [2.05, 4.69) is 0 Å². The van der Waals surface area contributed by atoms with Gasteiger partial charge in [-0.1, -0.05) is 30.3 Å². The smallest absolute Gasteiger partial charge is 0.389 e. The molecule has 0 aliphatic heterocycles. The number of carbonyl (C=O) groups excluding carboxylic acids is 1. The molecule has 1 rings (SSSR count). The van der Waals surface area contributed by atoms with Crippen molar-refractivity contribution in [2.24, 2.45) is 5.92 Å². The number of halogens is 3. The van der Waals surface area contributed by atoms with Gasteiger partial charge < -0.3 is 9.84 Å². The lowest BCUT2D eigenvalue weighted by atomic mass is 9.83. The van der Waals surface area contributed by atoms with Crippen molar-refractivity contribution in [1.82, 2.24) is 0 Å². The Morgan fingerprint density at radius 2 is 1.67 bits per heavy atom. The van der Waals surface area contributed by atoms with Gasteiger partial charge in [0.05, 0.1) is 11.8 Å². The summed E-state index contributed by atoms with van der Waals surface area (Å²) in [5.41, 5.74) is -0.557. The standard InChI is InChI=1S/C17H21F3O4/c1-16(2,3)24-15(23)13(11-7-5-4-6-8-11)12(14(21)22)9-10-17(18,19)20/h4-8,12-13H,9-10H2,1-3H3,(H,21,22)/t12-,13+/m1/s1. The predicted molar refractivity (Wildman–Crippen MR) is 81.4 cm³/mol. The number of carboxylic acids is 1. The zero-order valence-corrected chi connectivity index (χ0v) is 13.8. The molecule has 0 bridgehead atoms. The minimum atomic E-state index is -4.50. The van der Waals surface area contributed by atoms with Crippen molar-refractivity contribution in [1.29, 1.82) is 0 Å². The molecular formula is C17H21F3O4. The van der Waals surface area contributed by atoms with Gasteiger partial charge >= 0.3 is 18.1 Å². The van der Waals surface area contributed by atoms with Crippen LogP contribution in [0, 0.1) is 5.92 Å². The highest BCUT2D eigenvalue weighted by atomic mass is 19.4. The van der Waals surface area contributed by atoms with Crippen LogP contribution in [-0.4, -0.2) is 28.8 Å². The Morgan fingerprint density at radius 3 is 2.08 bits per heavy atom. The van der Waals surface area contributed by atoms with Crippen LogP contribution >= 0.6 is 0 Å². The van der Waals surface area contributed by atoms with E-state index in [0.717, 1.165) is 0 Å². The molecule has 0 aliphatic rings. The van der Waals surface area contributed by atoms with E-state index in [4.69, 9.17) is 4.74 Å². The van der Waals surface area contributed by atoms with Crippen LogP contribution in [0.2, 0.25) is 0 Å². The largest absolute Gasteiger partial charge is 0.481 e. The second-order valence-electron chi connectivity index (χ2n) is 6.52. The molecule has 0 aromatic heterocycles. The van der Waals surface area contributed by atoms with E-state index < -0.39 is 48.4 Å². The van der Waals surface area contributed by atoms with E-state index in [1.54, 1.807) is 39.0 Å². The van der Waals surface area contributed by atoms with Crippen LogP contribution in [0.5, 0.6) is 0 Å². The van der Waals surface area contributed by atoms with Gasteiger partial charge in [0.2, 0.25) is 0 Å². The number of esters is 1. The van der Waals surface area contributed by atoms with Crippen molar-refractivity contribution < 1.29 is 32.6 Å². The minimum absolute atomic E-state index is 0.321. The van der Waals surface area contributed by atoms with Gasteiger partial charge in [0.15, 0.2) is 0 Å². The van der Waals surface area contributed by atoms with Crippen LogP contribution in [0.15, 0.2) is 30.3 Å². The quantitative estimate of drug-likeness (QED) is 0.786. The van der Waals surface area contributed by atoms with Crippen LogP contribution in [0.1, 0.15) is 45.1 Å². The van der Waals surface area contributed by atoms with Crippen molar-refractivity contribution in [3.05, 3.63) is 35.9 Å². The van der Waals surface area contributed by atoms with Gasteiger partial charge in [0.25, 0.3) is 0 Å². The van der Waals surface area contributed by atoms with E-state index in [1.165, 1.54) is 12.1 Å². The molecule has 4 nitrogen and oxygen atoms in total. The number of alkyl halides is 3. The monoisotopic (exact) mass is 346 g/mol. The first-order chi connectivity index (χ1) is 10.9. The zero-order chi connectivity index (χ0) is 18.5. The van der Waals surface area contributed by atoms with E-state index in [9.17, 15) is 27.9 Å². The number of hydrogen-bond donors (Lipinski definition) is 1. The summed E-state index contributed by atoms with van der Waals surface area (Å²) in [6.07, 6.45) is -6.48. The van der Waals surface area contributed by atoms with Crippen LogP contribution in [0.25, 0.3) is 0 Å². The Bertz CT molecular complexity index is 561. The lowest BCUT2D eigenvalue weighted by Crippen LogP contribution is -2.34. The molecular weight excluding hydrogens is 325 g/mol. The van der Waals surface area contributed by atoms with Gasteiger partial charge in [-0.15, -0.1) is 0 Å². The number of aliphatic carboxylic acids is 1. The molecule has 1 N–H and O–H groups in total. The first-order valence-corrected chi connectivity index (χ1v) is 7.48. The van der Waals surface area contributed by atoms with E-state index in [-0.39, 0.29) is 0 Å². The first-order valence-electron chi connectivity index (χ1n) is 7.48. The van der Waals surface area contributed by atoms with Crippen molar-refractivity contribution in [2.75, 3.05) is 0 Å². The average Bonchev–Trinajstić information content (AvgIpc) is 2.40. The predicted octanol–water partition coefficient (Wildman–Crippen LogP) is 4.16. The number of rotatable bonds is 6. The first kappa shape index (κ1) is 20.0. The third-order valence-electron chi connectivity index (χ3n) is 3.28. The topological polar surface area (TPSA) is 63.6 Å². The lowest BCUT2D eigenvalue weighted by Gasteiger charge is -2.28. The summed E-state index contributed by atoms with van der Waals surface area (Å²) >= 11 is 0. The second kappa shape index (κ2) is 7.68. The molecule has 0 spiro atoms. The Kier molecular flexibility index (Phi) is 6.40. The summed E-state index contributed by atoms with van der Waals surface area (Å²) in [5, 5.41) is 9.37. The third-order valence-corrected chi connectivity index (χ3v) is 3.28. The second-order valence-corrected chi connectivity index (χ2v) is 6.52. The highest BCUT2D eigenvalue weighted by molar-refractivity contribution is 5.85. The molecule has 0 fully saturated rings. The fraction of sp³-hybridized carbons (Fsp3) is 0.529. The maximum Gasteiger partial charge on any atom is 0.389 e. The normalized spacial score (nSPS) is 14.8. The molecule has 0 unspecified atom stereocenters. The maximum absolute atomic E-state index is 12.5. The average molecular weight is 346 g/mol. The van der Waals surface area contributed by atoms with Gasteiger partial charge in [-0.3, -0.25) is 9.59 Å². The summed E-state index contributed by atoms with van der Waals surface area (Å²) in [6.45, 7) is 4.83. The highest BCUT2D eigenvalue weighted by Crippen LogP contribution is 2.34. The van der Waals surface area contributed by atoms with Crippen LogP contribution in [0.4, 0.5) is 13.2 Å². The molecule has 0 amide bonds. The molecule has 1 aromatic rings. The van der Waals surface area contributed by atoms with Gasteiger partial charge in [0, 0.05) is 6.42 Å². The molecule has 0 saturated heterocycles. The molecule has 0 aliphatic carbocycles. The van der Waals surface area contributed by atoms with Crippen molar-refractivity contribution >= 4 is 11.9 Å².